The molecule has 1 aromatic heterocycles. The van der Waals surface area contributed by atoms with Gasteiger partial charge in [0.25, 0.3) is 0 Å². The minimum atomic E-state index is -0.479. The molecule has 1 rings (SSSR count). The molecule has 1 heterocycles. The van der Waals surface area contributed by atoms with E-state index in [1.54, 1.807) is 0 Å². The molecule has 3 N–H and O–H groups in total. The minimum absolute atomic E-state index is 0.179. The Labute approximate surface area is 112 Å². The lowest BCUT2D eigenvalue weighted by Gasteiger charge is -2.12. The molecule has 0 aromatic carbocycles. The molecule has 0 saturated carbocycles. The van der Waals surface area contributed by atoms with Crippen molar-refractivity contribution in [2.24, 2.45) is 11.7 Å². The molecule has 1 atom stereocenters. The molecule has 0 bridgehead atoms. The summed E-state index contributed by atoms with van der Waals surface area (Å²) in [5, 5.41) is 12.2. The topological polar surface area (TPSA) is 80.9 Å². The van der Waals surface area contributed by atoms with E-state index >= 15 is 0 Å². The predicted octanol–water partition coefficient (Wildman–Crippen LogP) is 2.19. The quantitative estimate of drug-likeness (QED) is 0.796. The number of hydrogen-bond donors (Lipinski definition) is 2. The molecule has 0 spiro atoms. The molecule has 0 aliphatic carbocycles. The second-order valence-corrected chi connectivity index (χ2v) is 5.89. The van der Waals surface area contributed by atoms with Gasteiger partial charge in [-0.15, -0.1) is 10.2 Å². The highest BCUT2D eigenvalue weighted by molar-refractivity contribution is 7.15. The fourth-order valence-corrected chi connectivity index (χ4v) is 2.33. The maximum atomic E-state index is 11.8. The van der Waals surface area contributed by atoms with E-state index < -0.39 is 6.04 Å². The molecular weight excluding hydrogens is 248 g/mol. The SMILES string of the molecule is CCCCc1nnc(NC(=O)[C@@H](N)CC(C)C)s1. The van der Waals surface area contributed by atoms with E-state index in [0.29, 0.717) is 17.5 Å². The van der Waals surface area contributed by atoms with Gasteiger partial charge in [0.1, 0.15) is 5.01 Å². The Hall–Kier alpha value is -1.01. The molecular formula is C12H22N4OS. The Bertz CT molecular complexity index is 378. The summed E-state index contributed by atoms with van der Waals surface area (Å²) in [5.41, 5.74) is 5.80. The van der Waals surface area contributed by atoms with Gasteiger partial charge in [0.15, 0.2) is 0 Å². The van der Waals surface area contributed by atoms with Crippen LogP contribution in [0.4, 0.5) is 5.13 Å². The summed E-state index contributed by atoms with van der Waals surface area (Å²) in [7, 11) is 0. The number of aryl methyl sites for hydroxylation is 1. The summed E-state index contributed by atoms with van der Waals surface area (Å²) in [6.45, 7) is 6.22. The van der Waals surface area contributed by atoms with E-state index in [9.17, 15) is 4.79 Å². The highest BCUT2D eigenvalue weighted by Crippen LogP contribution is 2.17. The molecule has 102 valence electrons. The van der Waals surface area contributed by atoms with Crippen LogP contribution in [0.3, 0.4) is 0 Å². The average Bonchev–Trinajstić information content (AvgIpc) is 2.73. The van der Waals surface area contributed by atoms with E-state index in [1.165, 1.54) is 11.3 Å². The number of anilines is 1. The first-order valence-corrected chi connectivity index (χ1v) is 7.23. The third-order valence-corrected chi connectivity index (χ3v) is 3.40. The first-order chi connectivity index (χ1) is 8.52. The number of amides is 1. The molecule has 0 aliphatic rings. The molecule has 0 radical (unpaired) electrons. The number of nitrogens with one attached hydrogen (secondary N) is 1. The number of carbonyl (C=O) groups is 1. The van der Waals surface area contributed by atoms with Crippen LogP contribution in [0.2, 0.25) is 0 Å². The zero-order chi connectivity index (χ0) is 13.5. The molecule has 0 saturated heterocycles. The number of nitrogens with zero attached hydrogens (tertiary/aromatic N) is 2. The Morgan fingerprint density at radius 3 is 2.78 bits per heavy atom. The fourth-order valence-electron chi connectivity index (χ4n) is 1.55. The van der Waals surface area contributed by atoms with Crippen LogP contribution < -0.4 is 11.1 Å². The maximum Gasteiger partial charge on any atom is 0.243 e. The van der Waals surface area contributed by atoms with Gasteiger partial charge in [0, 0.05) is 6.42 Å². The van der Waals surface area contributed by atoms with Gasteiger partial charge in [-0.3, -0.25) is 10.1 Å². The number of hydrogen-bond acceptors (Lipinski definition) is 5. The minimum Gasteiger partial charge on any atom is -0.320 e. The molecule has 0 fully saturated rings. The van der Waals surface area contributed by atoms with E-state index in [4.69, 9.17) is 5.73 Å². The van der Waals surface area contributed by atoms with Crippen molar-refractivity contribution in [3.05, 3.63) is 5.01 Å². The van der Waals surface area contributed by atoms with Crippen LogP contribution in [-0.4, -0.2) is 22.1 Å². The Kier molecular flexibility index (Phi) is 6.21. The van der Waals surface area contributed by atoms with Crippen LogP contribution in [0, 0.1) is 5.92 Å². The van der Waals surface area contributed by atoms with Crippen LogP contribution in [0.1, 0.15) is 45.0 Å². The van der Waals surface area contributed by atoms with Crippen molar-refractivity contribution in [1.29, 1.82) is 0 Å². The highest BCUT2D eigenvalue weighted by Gasteiger charge is 2.16. The molecule has 18 heavy (non-hydrogen) atoms. The zero-order valence-corrected chi connectivity index (χ0v) is 12.1. The van der Waals surface area contributed by atoms with Crippen LogP contribution >= 0.6 is 11.3 Å². The number of nitrogens with two attached hydrogens (primary N) is 1. The van der Waals surface area contributed by atoms with Crippen LogP contribution in [-0.2, 0) is 11.2 Å². The largest absolute Gasteiger partial charge is 0.320 e. The van der Waals surface area contributed by atoms with Crippen LogP contribution in [0.15, 0.2) is 0 Å². The third kappa shape index (κ3) is 5.10. The molecule has 0 unspecified atom stereocenters. The van der Waals surface area contributed by atoms with Crippen molar-refractivity contribution < 1.29 is 4.79 Å². The second-order valence-electron chi connectivity index (χ2n) is 4.83. The van der Waals surface area contributed by atoms with Gasteiger partial charge in [-0.25, -0.2) is 0 Å². The summed E-state index contributed by atoms with van der Waals surface area (Å²) in [6.07, 6.45) is 3.81. The van der Waals surface area contributed by atoms with E-state index in [2.05, 4.69) is 22.4 Å². The summed E-state index contributed by atoms with van der Waals surface area (Å²) in [5.74, 6) is 0.224. The van der Waals surface area contributed by atoms with Crippen molar-refractivity contribution in [2.45, 2.75) is 52.5 Å². The monoisotopic (exact) mass is 270 g/mol. The smallest absolute Gasteiger partial charge is 0.243 e. The summed E-state index contributed by atoms with van der Waals surface area (Å²) < 4.78 is 0. The number of aromatic nitrogens is 2. The zero-order valence-electron chi connectivity index (χ0n) is 11.3. The molecule has 1 aromatic rings. The molecule has 0 aliphatic heterocycles. The molecule has 6 heteroatoms. The lowest BCUT2D eigenvalue weighted by atomic mass is 10.0. The summed E-state index contributed by atoms with van der Waals surface area (Å²) in [6, 6.07) is -0.479. The third-order valence-electron chi connectivity index (χ3n) is 2.50. The normalized spacial score (nSPS) is 12.7. The van der Waals surface area contributed by atoms with Gasteiger partial charge in [-0.1, -0.05) is 38.5 Å². The Morgan fingerprint density at radius 1 is 1.44 bits per heavy atom. The fraction of sp³-hybridized carbons (Fsp3) is 0.750. The summed E-state index contributed by atoms with van der Waals surface area (Å²) >= 11 is 1.43. The predicted molar refractivity (Wildman–Crippen MR) is 74.6 cm³/mol. The Balaban J connectivity index is 2.46. The standard InChI is InChI=1S/C12H22N4OS/c1-4-5-6-10-15-16-12(18-10)14-11(17)9(13)7-8(2)3/h8-9H,4-7,13H2,1-3H3,(H,14,16,17)/t9-/m0/s1. The van der Waals surface area contributed by atoms with Crippen molar-refractivity contribution in [2.75, 3.05) is 5.32 Å². The number of carbonyl (C=O) groups excluding carboxylic acids is 1. The lowest BCUT2D eigenvalue weighted by molar-refractivity contribution is -0.117. The van der Waals surface area contributed by atoms with Gasteiger partial charge in [-0.05, 0) is 18.8 Å². The Morgan fingerprint density at radius 2 is 2.17 bits per heavy atom. The van der Waals surface area contributed by atoms with Crippen molar-refractivity contribution in [3.63, 3.8) is 0 Å². The van der Waals surface area contributed by atoms with Gasteiger partial charge in [0.2, 0.25) is 11.0 Å². The number of rotatable bonds is 7. The average molecular weight is 270 g/mol. The second kappa shape index (κ2) is 7.43. The molecule has 1 amide bonds. The van der Waals surface area contributed by atoms with Crippen LogP contribution in [0.25, 0.3) is 0 Å². The van der Waals surface area contributed by atoms with E-state index in [1.807, 2.05) is 13.8 Å². The maximum absolute atomic E-state index is 11.8. The number of unbranched alkanes of at least 4 members (excludes halogenated alkanes) is 1. The van der Waals surface area contributed by atoms with Crippen LogP contribution in [0.5, 0.6) is 0 Å². The van der Waals surface area contributed by atoms with Gasteiger partial charge in [0.05, 0.1) is 6.04 Å². The van der Waals surface area contributed by atoms with Gasteiger partial charge < -0.3 is 5.73 Å². The van der Waals surface area contributed by atoms with Crippen molar-refractivity contribution >= 4 is 22.4 Å². The van der Waals surface area contributed by atoms with E-state index in [0.717, 1.165) is 24.3 Å². The van der Waals surface area contributed by atoms with Crippen molar-refractivity contribution in [3.8, 4) is 0 Å². The first-order valence-electron chi connectivity index (χ1n) is 6.41. The van der Waals surface area contributed by atoms with Crippen molar-refractivity contribution in [1.82, 2.24) is 10.2 Å². The van der Waals surface area contributed by atoms with Gasteiger partial charge >= 0.3 is 0 Å². The molecule has 5 nitrogen and oxygen atoms in total. The highest BCUT2D eigenvalue weighted by atomic mass is 32.1. The first kappa shape index (κ1) is 15.0. The van der Waals surface area contributed by atoms with E-state index in [-0.39, 0.29) is 5.91 Å². The van der Waals surface area contributed by atoms with Gasteiger partial charge in [-0.2, -0.15) is 0 Å². The summed E-state index contributed by atoms with van der Waals surface area (Å²) in [4.78, 5) is 11.8. The lowest BCUT2D eigenvalue weighted by Crippen LogP contribution is -2.36.